The Hall–Kier alpha value is -4.24. The molecule has 1 amide bonds. The van der Waals surface area contributed by atoms with E-state index in [4.69, 9.17) is 0 Å². The van der Waals surface area contributed by atoms with Gasteiger partial charge in [-0.25, -0.2) is 5.43 Å². The van der Waals surface area contributed by atoms with Gasteiger partial charge in [-0.2, -0.15) is 5.10 Å². The van der Waals surface area contributed by atoms with Crippen LogP contribution in [0.4, 0.5) is 0 Å². The number of amides is 1. The van der Waals surface area contributed by atoms with E-state index >= 15 is 0 Å². The second-order valence-electron chi connectivity index (χ2n) is 9.76. The standard InChI is InChI=1S/C29H29N5O3S/c1-19-9-15-23(16-10-19)34-26(20-11-13-22(14-12-20)29(2,3)4)32-33-28(34)38-18-25(35)31-30-17-21-7-5-6-8-24(21)27(36)37/h5-17H,18H2,1-4H3,(H,31,35)(H,36,37)/p-1/b30-17-. The van der Waals surface area contributed by atoms with Crippen LogP contribution in [0.3, 0.4) is 0 Å². The number of carboxylic acid groups (broad SMARTS) is 1. The molecule has 0 aliphatic rings. The van der Waals surface area contributed by atoms with Crippen molar-refractivity contribution in [3.8, 4) is 17.1 Å². The first-order valence-electron chi connectivity index (χ1n) is 12.0. The lowest BCUT2D eigenvalue weighted by molar-refractivity contribution is -0.255. The summed E-state index contributed by atoms with van der Waals surface area (Å²) in [6.07, 6.45) is 1.28. The molecule has 0 aliphatic heterocycles. The number of carboxylic acids is 1. The second-order valence-corrected chi connectivity index (χ2v) is 10.7. The molecular formula is C29H28N5O3S-. The SMILES string of the molecule is Cc1ccc(-n2c(SCC(=O)N/N=C\c3ccccc3C(=O)[O-])nnc2-c2ccc(C(C)(C)C)cc2)cc1. The maximum atomic E-state index is 12.5. The maximum Gasteiger partial charge on any atom is 0.250 e. The number of thioether (sulfide) groups is 1. The van der Waals surface area contributed by atoms with Crippen LogP contribution in [0.25, 0.3) is 17.1 Å². The first kappa shape index (κ1) is 26.8. The lowest BCUT2D eigenvalue weighted by Crippen LogP contribution is -2.24. The highest BCUT2D eigenvalue weighted by atomic mass is 32.2. The molecule has 0 unspecified atom stereocenters. The monoisotopic (exact) mass is 526 g/mol. The third-order valence-electron chi connectivity index (χ3n) is 5.84. The topological polar surface area (TPSA) is 112 Å². The molecule has 0 radical (unpaired) electrons. The minimum absolute atomic E-state index is 0.00543. The number of rotatable bonds is 8. The zero-order valence-corrected chi connectivity index (χ0v) is 22.5. The maximum absolute atomic E-state index is 12.5. The van der Waals surface area contributed by atoms with Gasteiger partial charge in [0.2, 0.25) is 0 Å². The molecule has 194 valence electrons. The average molecular weight is 527 g/mol. The number of aromatic nitrogens is 3. The van der Waals surface area contributed by atoms with Gasteiger partial charge in [-0.3, -0.25) is 9.36 Å². The number of carbonyl (C=O) groups excluding carboxylic acids is 2. The quantitative estimate of drug-likeness (QED) is 0.210. The zero-order chi connectivity index (χ0) is 27.3. The largest absolute Gasteiger partial charge is 0.545 e. The number of nitrogens with one attached hydrogen (secondary N) is 1. The molecule has 38 heavy (non-hydrogen) atoms. The van der Waals surface area contributed by atoms with Crippen molar-refractivity contribution in [2.24, 2.45) is 5.10 Å². The first-order chi connectivity index (χ1) is 18.1. The van der Waals surface area contributed by atoms with Gasteiger partial charge in [0.15, 0.2) is 11.0 Å². The van der Waals surface area contributed by atoms with Crippen molar-refractivity contribution in [1.82, 2.24) is 20.2 Å². The van der Waals surface area contributed by atoms with E-state index in [-0.39, 0.29) is 22.6 Å². The van der Waals surface area contributed by atoms with E-state index in [2.05, 4.69) is 53.6 Å². The van der Waals surface area contributed by atoms with Crippen LogP contribution in [0.1, 0.15) is 47.8 Å². The Morgan fingerprint density at radius 2 is 1.68 bits per heavy atom. The van der Waals surface area contributed by atoms with Gasteiger partial charge >= 0.3 is 0 Å². The molecule has 0 fully saturated rings. The minimum atomic E-state index is -1.31. The Morgan fingerprint density at radius 1 is 1.00 bits per heavy atom. The summed E-state index contributed by atoms with van der Waals surface area (Å²) in [5.74, 6) is -0.971. The van der Waals surface area contributed by atoms with Gasteiger partial charge in [0.05, 0.1) is 17.9 Å². The van der Waals surface area contributed by atoms with Gasteiger partial charge in [-0.1, -0.05) is 98.8 Å². The number of benzene rings is 3. The molecule has 0 spiro atoms. The molecule has 0 bridgehead atoms. The lowest BCUT2D eigenvalue weighted by Gasteiger charge is -2.19. The lowest BCUT2D eigenvalue weighted by atomic mass is 9.87. The summed E-state index contributed by atoms with van der Waals surface area (Å²) in [5.41, 5.74) is 6.94. The summed E-state index contributed by atoms with van der Waals surface area (Å²) in [7, 11) is 0. The molecule has 1 aromatic heterocycles. The van der Waals surface area contributed by atoms with Crippen molar-refractivity contribution >= 4 is 29.9 Å². The molecule has 1 heterocycles. The highest BCUT2D eigenvalue weighted by Gasteiger charge is 2.19. The predicted octanol–water partition coefficient (Wildman–Crippen LogP) is 4.15. The summed E-state index contributed by atoms with van der Waals surface area (Å²) in [4.78, 5) is 23.7. The molecule has 9 heteroatoms. The molecule has 0 atom stereocenters. The summed E-state index contributed by atoms with van der Waals surface area (Å²) >= 11 is 1.23. The Bertz CT molecular complexity index is 1470. The van der Waals surface area contributed by atoms with Crippen molar-refractivity contribution in [1.29, 1.82) is 0 Å². The van der Waals surface area contributed by atoms with Gasteiger partial charge in [0, 0.05) is 22.4 Å². The predicted molar refractivity (Wildman–Crippen MR) is 147 cm³/mol. The van der Waals surface area contributed by atoms with Crippen molar-refractivity contribution in [2.75, 3.05) is 5.75 Å². The van der Waals surface area contributed by atoms with Gasteiger partial charge in [-0.15, -0.1) is 10.2 Å². The fourth-order valence-corrected chi connectivity index (χ4v) is 4.47. The van der Waals surface area contributed by atoms with Crippen LogP contribution in [0.5, 0.6) is 0 Å². The third kappa shape index (κ3) is 6.36. The van der Waals surface area contributed by atoms with E-state index < -0.39 is 5.97 Å². The van der Waals surface area contributed by atoms with E-state index in [1.165, 1.54) is 29.6 Å². The smallest absolute Gasteiger partial charge is 0.250 e. The van der Waals surface area contributed by atoms with Crippen LogP contribution in [0.2, 0.25) is 0 Å². The van der Waals surface area contributed by atoms with Crippen molar-refractivity contribution in [3.63, 3.8) is 0 Å². The number of hydrogen-bond donors (Lipinski definition) is 1. The van der Waals surface area contributed by atoms with Crippen LogP contribution in [0.15, 0.2) is 83.1 Å². The number of carbonyl (C=O) groups is 2. The third-order valence-corrected chi connectivity index (χ3v) is 6.77. The highest BCUT2D eigenvalue weighted by molar-refractivity contribution is 7.99. The molecule has 3 aromatic carbocycles. The van der Waals surface area contributed by atoms with E-state index in [1.807, 2.05) is 47.9 Å². The number of hydrogen-bond acceptors (Lipinski definition) is 7. The highest BCUT2D eigenvalue weighted by Crippen LogP contribution is 2.30. The zero-order valence-electron chi connectivity index (χ0n) is 21.6. The fraction of sp³-hybridized carbons (Fsp3) is 0.207. The Balaban J connectivity index is 1.54. The van der Waals surface area contributed by atoms with Crippen LogP contribution >= 0.6 is 11.8 Å². The van der Waals surface area contributed by atoms with Crippen LogP contribution in [-0.4, -0.2) is 38.6 Å². The normalized spacial score (nSPS) is 11.6. The van der Waals surface area contributed by atoms with E-state index in [0.29, 0.717) is 16.5 Å². The number of aryl methyl sites for hydroxylation is 1. The average Bonchev–Trinajstić information content (AvgIpc) is 3.31. The van der Waals surface area contributed by atoms with Gasteiger partial charge in [0.1, 0.15) is 0 Å². The molecule has 1 N–H and O–H groups in total. The summed E-state index contributed by atoms with van der Waals surface area (Å²) < 4.78 is 1.93. The second kappa shape index (κ2) is 11.4. The number of aromatic carboxylic acids is 1. The molecular weight excluding hydrogens is 498 g/mol. The Morgan fingerprint density at radius 3 is 2.34 bits per heavy atom. The number of nitrogens with zero attached hydrogens (tertiary/aromatic N) is 4. The number of hydrazone groups is 1. The molecule has 8 nitrogen and oxygen atoms in total. The fourth-order valence-electron chi connectivity index (χ4n) is 3.73. The summed E-state index contributed by atoms with van der Waals surface area (Å²) in [6, 6.07) is 22.6. The summed E-state index contributed by atoms with van der Waals surface area (Å²) in [6.45, 7) is 8.53. The van der Waals surface area contributed by atoms with E-state index in [9.17, 15) is 14.7 Å². The summed E-state index contributed by atoms with van der Waals surface area (Å²) in [5, 5.41) is 24.5. The van der Waals surface area contributed by atoms with Gasteiger partial charge in [-0.05, 0) is 30.0 Å². The van der Waals surface area contributed by atoms with Crippen molar-refractivity contribution < 1.29 is 14.7 Å². The first-order valence-corrected chi connectivity index (χ1v) is 13.0. The van der Waals surface area contributed by atoms with Crippen molar-refractivity contribution in [3.05, 3.63) is 95.1 Å². The molecule has 4 rings (SSSR count). The molecule has 4 aromatic rings. The van der Waals surface area contributed by atoms with E-state index in [1.54, 1.807) is 18.2 Å². The van der Waals surface area contributed by atoms with Crippen LogP contribution in [0, 0.1) is 6.92 Å². The molecule has 0 saturated heterocycles. The van der Waals surface area contributed by atoms with Gasteiger partial charge < -0.3 is 9.90 Å². The van der Waals surface area contributed by atoms with Crippen molar-refractivity contribution in [2.45, 2.75) is 38.3 Å². The Kier molecular flexibility index (Phi) is 8.07. The molecule has 0 saturated carbocycles. The van der Waals surface area contributed by atoms with Gasteiger partial charge in [0.25, 0.3) is 5.91 Å². The molecule has 0 aliphatic carbocycles. The Labute approximate surface area is 225 Å². The van der Waals surface area contributed by atoms with Crippen LogP contribution < -0.4 is 10.5 Å². The minimum Gasteiger partial charge on any atom is -0.545 e. The van der Waals surface area contributed by atoms with Crippen LogP contribution in [-0.2, 0) is 10.2 Å². The van der Waals surface area contributed by atoms with E-state index in [0.717, 1.165) is 16.8 Å².